The number of nitrogens with zero attached hydrogens (tertiary/aromatic N) is 2. The van der Waals surface area contributed by atoms with Crippen LogP contribution in [-0.4, -0.2) is 36.5 Å². The van der Waals surface area contributed by atoms with Gasteiger partial charge in [0.25, 0.3) is 5.56 Å². The van der Waals surface area contributed by atoms with Crippen molar-refractivity contribution in [3.8, 4) is 11.5 Å². The Hall–Kier alpha value is -3.81. The van der Waals surface area contributed by atoms with Crippen molar-refractivity contribution in [2.75, 3.05) is 25.7 Å². The third-order valence-electron chi connectivity index (χ3n) is 4.63. The molecule has 0 saturated carbocycles. The van der Waals surface area contributed by atoms with E-state index in [1.165, 1.54) is 0 Å². The maximum absolute atomic E-state index is 12.7. The monoisotopic (exact) mass is 378 g/mol. The summed E-state index contributed by atoms with van der Waals surface area (Å²) in [5.41, 5.74) is 7.29. The van der Waals surface area contributed by atoms with Gasteiger partial charge in [0.1, 0.15) is 28.7 Å². The number of nitrogens with two attached hydrogens (primary N) is 1. The van der Waals surface area contributed by atoms with Crippen molar-refractivity contribution in [3.63, 3.8) is 0 Å². The number of Topliss-reactive ketones (excluding diaryl/α,β-unsaturated/α-hetero) is 1. The molecule has 1 aromatic heterocycles. The second kappa shape index (κ2) is 6.73. The lowest BCUT2D eigenvalue weighted by atomic mass is 10.1. The van der Waals surface area contributed by atoms with E-state index in [9.17, 15) is 9.59 Å². The van der Waals surface area contributed by atoms with Gasteiger partial charge in [0, 0.05) is 18.2 Å². The van der Waals surface area contributed by atoms with Crippen molar-refractivity contribution in [3.05, 3.63) is 64.5 Å². The molecule has 1 aliphatic heterocycles. The highest BCUT2D eigenvalue weighted by atomic mass is 16.5. The van der Waals surface area contributed by atoms with Gasteiger partial charge in [-0.2, -0.15) is 0 Å². The minimum absolute atomic E-state index is 0.0219. The number of hydrogen-bond donors (Lipinski definition) is 2. The number of anilines is 1. The van der Waals surface area contributed by atoms with Crippen LogP contribution in [0.25, 0.3) is 16.5 Å². The molecule has 28 heavy (non-hydrogen) atoms. The second-order valence-electron chi connectivity index (χ2n) is 6.27. The number of hydrogen-bond acceptors (Lipinski definition) is 7. The Morgan fingerprint density at radius 1 is 1.07 bits per heavy atom. The van der Waals surface area contributed by atoms with Crippen LogP contribution in [0.3, 0.4) is 0 Å². The molecule has 2 aromatic carbocycles. The fraction of sp³-hybridized carbons (Fsp3) is 0.150. The van der Waals surface area contributed by atoms with Crippen LogP contribution in [0.5, 0.6) is 11.5 Å². The van der Waals surface area contributed by atoms with Crippen LogP contribution in [0.4, 0.5) is 5.69 Å². The highest BCUT2D eigenvalue weighted by Crippen LogP contribution is 2.34. The summed E-state index contributed by atoms with van der Waals surface area (Å²) in [6.07, 6.45) is 0. The molecule has 4 rings (SSSR count). The number of aromatic nitrogens is 2. The number of ether oxygens (including phenoxy) is 2. The smallest absolute Gasteiger partial charge is 0.259 e. The van der Waals surface area contributed by atoms with Crippen LogP contribution in [-0.2, 0) is 4.79 Å². The average molecular weight is 378 g/mol. The first-order valence-corrected chi connectivity index (χ1v) is 8.55. The van der Waals surface area contributed by atoms with E-state index in [4.69, 9.17) is 15.2 Å². The average Bonchev–Trinajstić information content (AvgIpc) is 3.01. The van der Waals surface area contributed by atoms with Gasteiger partial charge in [0.2, 0.25) is 0 Å². The first kappa shape index (κ1) is 17.6. The molecule has 0 saturated heterocycles. The molecule has 8 nitrogen and oxygen atoms in total. The second-order valence-corrected chi connectivity index (χ2v) is 6.27. The Morgan fingerprint density at radius 2 is 1.75 bits per heavy atom. The number of benzene rings is 2. The van der Waals surface area contributed by atoms with Crippen LogP contribution in [0.15, 0.2) is 53.1 Å². The first-order valence-electron chi connectivity index (χ1n) is 8.55. The topological polar surface area (TPSA) is 111 Å². The van der Waals surface area contributed by atoms with E-state index < -0.39 is 0 Å². The summed E-state index contributed by atoms with van der Waals surface area (Å²) in [5.74, 6) is 1.26. The molecule has 3 aromatic rings. The molecule has 142 valence electrons. The molecule has 1 aliphatic rings. The van der Waals surface area contributed by atoms with Crippen LogP contribution < -0.4 is 25.7 Å². The predicted molar refractivity (Wildman–Crippen MR) is 105 cm³/mol. The van der Waals surface area contributed by atoms with E-state index >= 15 is 0 Å². The summed E-state index contributed by atoms with van der Waals surface area (Å²) in [7, 11) is 3.09. The summed E-state index contributed by atoms with van der Waals surface area (Å²) < 4.78 is 10.6. The summed E-state index contributed by atoms with van der Waals surface area (Å²) in [6, 6.07) is 12.2. The van der Waals surface area contributed by atoms with Gasteiger partial charge in [-0.15, -0.1) is 0 Å². The van der Waals surface area contributed by atoms with Gasteiger partial charge in [-0.3, -0.25) is 9.59 Å². The number of fused-ring (bicyclic) bond motifs is 1. The van der Waals surface area contributed by atoms with Crippen molar-refractivity contribution in [1.29, 1.82) is 0 Å². The van der Waals surface area contributed by atoms with Crippen LogP contribution in [0, 0.1) is 0 Å². The molecule has 0 spiro atoms. The fourth-order valence-corrected chi connectivity index (χ4v) is 3.22. The quantitative estimate of drug-likeness (QED) is 0.710. The summed E-state index contributed by atoms with van der Waals surface area (Å²) in [5, 5.41) is 0.449. The number of carbonyl (C=O) groups is 1. The Bertz CT molecular complexity index is 1160. The van der Waals surface area contributed by atoms with E-state index in [2.05, 4.69) is 9.97 Å². The number of aromatic amines is 1. The van der Waals surface area contributed by atoms with Gasteiger partial charge < -0.3 is 25.1 Å². The Morgan fingerprint density at radius 3 is 2.43 bits per heavy atom. The molecule has 0 radical (unpaired) electrons. The maximum atomic E-state index is 12.7. The van der Waals surface area contributed by atoms with E-state index in [0.717, 1.165) is 0 Å². The van der Waals surface area contributed by atoms with Gasteiger partial charge in [-0.05, 0) is 12.1 Å². The summed E-state index contributed by atoms with van der Waals surface area (Å²) in [4.78, 5) is 33.8. The highest BCUT2D eigenvalue weighted by molar-refractivity contribution is 6.25. The van der Waals surface area contributed by atoms with Crippen molar-refractivity contribution >= 4 is 27.9 Å². The Kier molecular flexibility index (Phi) is 4.23. The Balaban J connectivity index is 1.84. The summed E-state index contributed by atoms with van der Waals surface area (Å²) in [6.45, 7) is 0.0219. The van der Waals surface area contributed by atoms with Gasteiger partial charge in [0.15, 0.2) is 5.78 Å². The molecular formula is C20H18N4O4. The third-order valence-corrected chi connectivity index (χ3v) is 4.63. The Labute approximate surface area is 160 Å². The van der Waals surface area contributed by atoms with Crippen LogP contribution >= 0.6 is 0 Å². The number of nitrogens with one attached hydrogen (secondary N) is 1. The van der Waals surface area contributed by atoms with Crippen molar-refractivity contribution in [1.82, 2.24) is 9.97 Å². The van der Waals surface area contributed by atoms with Crippen molar-refractivity contribution in [2.45, 2.75) is 0 Å². The number of methoxy groups -OCH3 is 2. The van der Waals surface area contributed by atoms with Gasteiger partial charge in [-0.1, -0.05) is 12.1 Å². The summed E-state index contributed by atoms with van der Waals surface area (Å²) >= 11 is 0. The maximum Gasteiger partial charge on any atom is 0.259 e. The zero-order valence-corrected chi connectivity index (χ0v) is 15.4. The van der Waals surface area contributed by atoms with Crippen molar-refractivity contribution < 1.29 is 14.3 Å². The first-order chi connectivity index (χ1) is 13.5. The van der Waals surface area contributed by atoms with Gasteiger partial charge in [0.05, 0.1) is 37.4 Å². The predicted octanol–water partition coefficient (Wildman–Crippen LogP) is 1.66. The zero-order valence-electron chi connectivity index (χ0n) is 15.4. The molecule has 0 bridgehead atoms. The number of H-pyrrole nitrogens is 1. The number of para-hydroxylation sites is 1. The van der Waals surface area contributed by atoms with Gasteiger partial charge in [-0.25, -0.2) is 4.98 Å². The normalized spacial score (nSPS) is 14.1. The van der Waals surface area contributed by atoms with E-state index in [-0.39, 0.29) is 35.1 Å². The van der Waals surface area contributed by atoms with Crippen LogP contribution in [0.1, 0.15) is 5.82 Å². The van der Waals surface area contributed by atoms with E-state index in [0.29, 0.717) is 28.1 Å². The number of rotatable bonds is 4. The van der Waals surface area contributed by atoms with Crippen molar-refractivity contribution in [2.24, 2.45) is 5.73 Å². The van der Waals surface area contributed by atoms with E-state index in [1.54, 1.807) is 61.6 Å². The molecule has 2 heterocycles. The molecule has 3 N–H and O–H groups in total. The fourth-order valence-electron chi connectivity index (χ4n) is 3.22. The standard InChI is InChI=1S/C20H18N4O4/c1-27-12-7-11(8-13(9-12)28-2)24-10-16(25)17(18(24)21)19-22-15-6-4-3-5-14(15)20(26)23-19/h3-9H,10,21H2,1-2H3,(H,22,23,26). The number of ketones is 1. The molecule has 0 unspecified atom stereocenters. The third kappa shape index (κ3) is 2.84. The highest BCUT2D eigenvalue weighted by Gasteiger charge is 2.32. The molecule has 0 aliphatic carbocycles. The lowest BCUT2D eigenvalue weighted by Gasteiger charge is -2.20. The largest absolute Gasteiger partial charge is 0.497 e. The minimum atomic E-state index is -0.324. The molecular weight excluding hydrogens is 360 g/mol. The lowest BCUT2D eigenvalue weighted by molar-refractivity contribution is -0.112. The number of carbonyl (C=O) groups excluding carboxylic acids is 1. The zero-order chi connectivity index (χ0) is 19.8. The molecule has 0 atom stereocenters. The lowest BCUT2D eigenvalue weighted by Crippen LogP contribution is -2.25. The molecule has 0 fully saturated rings. The van der Waals surface area contributed by atoms with E-state index in [1.807, 2.05) is 0 Å². The molecule has 8 heteroatoms. The van der Waals surface area contributed by atoms with Crippen LogP contribution in [0.2, 0.25) is 0 Å². The van der Waals surface area contributed by atoms with Gasteiger partial charge >= 0.3 is 0 Å². The molecule has 0 amide bonds. The SMILES string of the molecule is COc1cc(OC)cc(N2CC(=O)C(c3nc4ccccc4c(=O)[nH]3)=C2N)c1. The minimum Gasteiger partial charge on any atom is -0.497 e.